The second-order valence-electron chi connectivity index (χ2n) is 3.89. The normalized spacial score (nSPS) is 19.6. The van der Waals surface area contributed by atoms with Crippen molar-refractivity contribution in [1.82, 2.24) is 20.3 Å². The van der Waals surface area contributed by atoms with E-state index in [1.807, 2.05) is 0 Å². The molecule has 0 spiro atoms. The molecule has 1 aliphatic carbocycles. The molecule has 3 rings (SSSR count). The van der Waals surface area contributed by atoms with Crippen molar-refractivity contribution in [3.05, 3.63) is 18.1 Å². The number of hydrogen-bond acceptors (Lipinski definition) is 4. The van der Waals surface area contributed by atoms with Crippen molar-refractivity contribution in [3.8, 4) is 11.6 Å². The van der Waals surface area contributed by atoms with Crippen LogP contribution in [0.25, 0.3) is 11.6 Å². The summed E-state index contributed by atoms with van der Waals surface area (Å²) in [7, 11) is 0. The molecular formula is C9H8F2N4O. The highest BCUT2D eigenvalue weighted by Gasteiger charge is 2.48. The molecule has 0 radical (unpaired) electrons. The van der Waals surface area contributed by atoms with Crippen molar-refractivity contribution in [2.45, 2.75) is 24.7 Å². The van der Waals surface area contributed by atoms with Gasteiger partial charge in [-0.15, -0.1) is 0 Å². The van der Waals surface area contributed by atoms with Gasteiger partial charge < -0.3 is 4.52 Å². The Morgan fingerprint density at radius 2 is 2.25 bits per heavy atom. The zero-order valence-corrected chi connectivity index (χ0v) is 8.15. The first-order chi connectivity index (χ1) is 7.64. The maximum atomic E-state index is 12.7. The second-order valence-corrected chi connectivity index (χ2v) is 3.89. The highest BCUT2D eigenvalue weighted by atomic mass is 19.3. The second kappa shape index (κ2) is 3.10. The van der Waals surface area contributed by atoms with Crippen molar-refractivity contribution in [2.24, 2.45) is 0 Å². The first kappa shape index (κ1) is 9.44. The standard InChI is InChI=1S/C9H8F2N4O/c10-9(11)3-5(4-9)7-13-8(16-15-7)6-1-2-12-14-6/h1-2,5H,3-4H2,(H,12,14). The third-order valence-corrected chi connectivity index (χ3v) is 2.63. The minimum absolute atomic E-state index is 0.199. The summed E-state index contributed by atoms with van der Waals surface area (Å²) >= 11 is 0. The van der Waals surface area contributed by atoms with E-state index in [4.69, 9.17) is 4.52 Å². The summed E-state index contributed by atoms with van der Waals surface area (Å²) < 4.78 is 30.3. The predicted octanol–water partition coefficient (Wildman–Crippen LogP) is 1.97. The summed E-state index contributed by atoms with van der Waals surface area (Å²) in [6.07, 6.45) is 1.15. The average molecular weight is 226 g/mol. The van der Waals surface area contributed by atoms with Gasteiger partial charge in [0.2, 0.25) is 5.92 Å². The van der Waals surface area contributed by atoms with E-state index in [-0.39, 0.29) is 24.7 Å². The van der Waals surface area contributed by atoms with Gasteiger partial charge in [0.25, 0.3) is 5.89 Å². The zero-order valence-electron chi connectivity index (χ0n) is 8.15. The molecule has 2 heterocycles. The number of H-pyrrole nitrogens is 1. The number of rotatable bonds is 2. The first-order valence-electron chi connectivity index (χ1n) is 4.85. The van der Waals surface area contributed by atoms with E-state index in [9.17, 15) is 8.78 Å². The Kier molecular flexibility index (Phi) is 1.83. The molecule has 1 saturated carbocycles. The topological polar surface area (TPSA) is 67.6 Å². The summed E-state index contributed by atoms with van der Waals surface area (Å²) in [5.74, 6) is -2.24. The van der Waals surface area contributed by atoms with Crippen LogP contribution in [0.15, 0.2) is 16.8 Å². The van der Waals surface area contributed by atoms with Gasteiger partial charge in [-0.2, -0.15) is 10.1 Å². The quantitative estimate of drug-likeness (QED) is 0.850. The van der Waals surface area contributed by atoms with Crippen molar-refractivity contribution in [3.63, 3.8) is 0 Å². The van der Waals surface area contributed by atoms with Crippen LogP contribution in [0.2, 0.25) is 0 Å². The Labute approximate surface area is 88.9 Å². The molecular weight excluding hydrogens is 218 g/mol. The molecule has 7 heteroatoms. The monoisotopic (exact) mass is 226 g/mol. The van der Waals surface area contributed by atoms with E-state index >= 15 is 0 Å². The molecule has 0 unspecified atom stereocenters. The lowest BCUT2D eigenvalue weighted by Crippen LogP contribution is -2.34. The maximum Gasteiger partial charge on any atom is 0.275 e. The van der Waals surface area contributed by atoms with E-state index in [1.54, 1.807) is 12.3 Å². The van der Waals surface area contributed by atoms with Crippen LogP contribution in [-0.2, 0) is 0 Å². The van der Waals surface area contributed by atoms with E-state index in [0.29, 0.717) is 11.5 Å². The zero-order chi connectivity index (χ0) is 11.2. The van der Waals surface area contributed by atoms with Gasteiger partial charge in [-0.25, -0.2) is 8.78 Å². The molecule has 0 saturated heterocycles. The molecule has 1 N–H and O–H groups in total. The number of aromatic amines is 1. The van der Waals surface area contributed by atoms with Crippen LogP contribution < -0.4 is 0 Å². The van der Waals surface area contributed by atoms with Gasteiger partial charge in [0.15, 0.2) is 5.82 Å². The fourth-order valence-corrected chi connectivity index (χ4v) is 1.73. The number of nitrogens with zero attached hydrogens (tertiary/aromatic N) is 3. The SMILES string of the molecule is FC1(F)CC(c2noc(-c3ccn[nH]3)n2)C1. The molecule has 1 aliphatic rings. The lowest BCUT2D eigenvalue weighted by molar-refractivity contribution is -0.0888. The summed E-state index contributed by atoms with van der Waals surface area (Å²) in [4.78, 5) is 4.06. The molecule has 2 aromatic rings. The van der Waals surface area contributed by atoms with Crippen LogP contribution >= 0.6 is 0 Å². The highest BCUT2D eigenvalue weighted by Crippen LogP contribution is 2.47. The molecule has 84 valence electrons. The van der Waals surface area contributed by atoms with E-state index < -0.39 is 5.92 Å². The Morgan fingerprint density at radius 1 is 1.44 bits per heavy atom. The van der Waals surface area contributed by atoms with Gasteiger partial charge in [-0.1, -0.05) is 5.16 Å². The Hall–Kier alpha value is -1.79. The van der Waals surface area contributed by atoms with Crippen molar-refractivity contribution < 1.29 is 13.3 Å². The molecule has 1 fully saturated rings. The molecule has 0 bridgehead atoms. The maximum absolute atomic E-state index is 12.7. The van der Waals surface area contributed by atoms with E-state index in [1.165, 1.54) is 0 Å². The number of hydrogen-bond donors (Lipinski definition) is 1. The number of alkyl halides is 2. The van der Waals surface area contributed by atoms with Crippen LogP contribution in [0.4, 0.5) is 8.78 Å². The van der Waals surface area contributed by atoms with Gasteiger partial charge in [-0.05, 0) is 6.07 Å². The van der Waals surface area contributed by atoms with Crippen LogP contribution in [0.3, 0.4) is 0 Å². The van der Waals surface area contributed by atoms with E-state index in [0.717, 1.165) is 0 Å². The van der Waals surface area contributed by atoms with Gasteiger partial charge in [0.05, 0.1) is 0 Å². The Bertz CT molecular complexity index is 485. The number of halogens is 2. The minimum atomic E-state index is -2.57. The van der Waals surface area contributed by atoms with Crippen LogP contribution in [0.5, 0.6) is 0 Å². The summed E-state index contributed by atoms with van der Waals surface area (Å²) in [5.41, 5.74) is 0.588. The Morgan fingerprint density at radius 3 is 2.88 bits per heavy atom. The first-order valence-corrected chi connectivity index (χ1v) is 4.85. The molecule has 5 nitrogen and oxygen atoms in total. The van der Waals surface area contributed by atoms with Gasteiger partial charge >= 0.3 is 0 Å². The van der Waals surface area contributed by atoms with E-state index in [2.05, 4.69) is 20.3 Å². The molecule has 0 atom stereocenters. The highest BCUT2D eigenvalue weighted by molar-refractivity contribution is 5.44. The molecule has 2 aromatic heterocycles. The number of nitrogens with one attached hydrogen (secondary N) is 1. The summed E-state index contributed by atoms with van der Waals surface area (Å²) in [5, 5.41) is 10.1. The summed E-state index contributed by atoms with van der Waals surface area (Å²) in [6, 6.07) is 1.67. The fraction of sp³-hybridized carbons (Fsp3) is 0.444. The average Bonchev–Trinajstić information content (AvgIpc) is 2.84. The van der Waals surface area contributed by atoms with Crippen molar-refractivity contribution in [1.29, 1.82) is 0 Å². The van der Waals surface area contributed by atoms with Crippen molar-refractivity contribution >= 4 is 0 Å². The smallest absolute Gasteiger partial charge is 0.275 e. The van der Waals surface area contributed by atoms with Crippen molar-refractivity contribution in [2.75, 3.05) is 0 Å². The molecule has 0 aromatic carbocycles. The molecule has 0 aliphatic heterocycles. The lowest BCUT2D eigenvalue weighted by Gasteiger charge is -2.32. The third kappa shape index (κ3) is 1.48. The predicted molar refractivity (Wildman–Crippen MR) is 48.8 cm³/mol. The lowest BCUT2D eigenvalue weighted by atomic mass is 9.81. The fourth-order valence-electron chi connectivity index (χ4n) is 1.73. The van der Waals surface area contributed by atoms with Crippen LogP contribution in [0, 0.1) is 0 Å². The molecule has 16 heavy (non-hydrogen) atoms. The third-order valence-electron chi connectivity index (χ3n) is 2.63. The minimum Gasteiger partial charge on any atom is -0.332 e. The van der Waals surface area contributed by atoms with Crippen LogP contribution in [-0.4, -0.2) is 26.3 Å². The Balaban J connectivity index is 1.79. The van der Waals surface area contributed by atoms with Crippen LogP contribution in [0.1, 0.15) is 24.6 Å². The molecule has 0 amide bonds. The van der Waals surface area contributed by atoms with Gasteiger partial charge in [-0.3, -0.25) is 5.10 Å². The van der Waals surface area contributed by atoms with Gasteiger partial charge in [0, 0.05) is 25.0 Å². The number of aromatic nitrogens is 4. The summed E-state index contributed by atoms with van der Waals surface area (Å²) in [6.45, 7) is 0. The largest absolute Gasteiger partial charge is 0.332 e. The van der Waals surface area contributed by atoms with Gasteiger partial charge in [0.1, 0.15) is 5.69 Å².